The fourth-order valence-electron chi connectivity index (χ4n) is 3.46. The highest BCUT2D eigenvalue weighted by Gasteiger charge is 2.23. The molecule has 6 heteroatoms. The van der Waals surface area contributed by atoms with Crippen molar-refractivity contribution in [2.45, 2.75) is 45.3 Å². The van der Waals surface area contributed by atoms with Gasteiger partial charge in [0, 0.05) is 44.6 Å². The average molecular weight is 373 g/mol. The summed E-state index contributed by atoms with van der Waals surface area (Å²) in [5, 5.41) is 7.45. The van der Waals surface area contributed by atoms with Gasteiger partial charge >= 0.3 is 6.03 Å². The first-order chi connectivity index (χ1) is 12.7. The van der Waals surface area contributed by atoms with Crippen LogP contribution in [-0.2, 0) is 13.1 Å². The number of amides is 2. The van der Waals surface area contributed by atoms with Crippen LogP contribution in [0.3, 0.4) is 0 Å². The van der Waals surface area contributed by atoms with Crippen LogP contribution in [0, 0.1) is 0 Å². The molecule has 2 aromatic heterocycles. The van der Waals surface area contributed by atoms with E-state index in [1.54, 1.807) is 17.5 Å². The smallest absolute Gasteiger partial charge is 0.317 e. The predicted molar refractivity (Wildman–Crippen MR) is 106 cm³/mol. The van der Waals surface area contributed by atoms with Crippen LogP contribution in [0.1, 0.15) is 37.3 Å². The van der Waals surface area contributed by atoms with Crippen LogP contribution in [-0.4, -0.2) is 46.5 Å². The van der Waals surface area contributed by atoms with Crippen LogP contribution in [0.25, 0.3) is 0 Å². The molecule has 1 unspecified atom stereocenters. The monoisotopic (exact) mass is 372 g/mol. The van der Waals surface area contributed by atoms with Gasteiger partial charge in [0.25, 0.3) is 0 Å². The van der Waals surface area contributed by atoms with Gasteiger partial charge in [-0.2, -0.15) is 11.3 Å². The van der Waals surface area contributed by atoms with Gasteiger partial charge in [0.1, 0.15) is 0 Å². The standard InChI is InChI=1S/C20H28N4OS/c1-2-9-24(14-18-7-11-26-16-18)20(25)22-19-6-4-10-23(15-19)13-17-5-3-8-21-12-17/h3,5,7-8,11-12,16,19H,2,4,6,9-10,13-15H2,1H3,(H,22,25). The van der Waals surface area contributed by atoms with Gasteiger partial charge in [0.2, 0.25) is 0 Å². The maximum absolute atomic E-state index is 12.8. The minimum Gasteiger partial charge on any atom is -0.334 e. The van der Waals surface area contributed by atoms with Gasteiger partial charge in [-0.3, -0.25) is 9.88 Å². The molecule has 0 spiro atoms. The first-order valence-electron chi connectivity index (χ1n) is 9.42. The molecule has 0 radical (unpaired) electrons. The summed E-state index contributed by atoms with van der Waals surface area (Å²) < 4.78 is 0. The molecule has 1 aliphatic heterocycles. The van der Waals surface area contributed by atoms with E-state index in [9.17, 15) is 4.79 Å². The maximum atomic E-state index is 12.8. The van der Waals surface area contributed by atoms with Crippen molar-refractivity contribution in [1.29, 1.82) is 0 Å². The molecule has 1 N–H and O–H groups in total. The van der Waals surface area contributed by atoms with Crippen LogP contribution in [0.5, 0.6) is 0 Å². The Morgan fingerprint density at radius 3 is 3.08 bits per heavy atom. The SMILES string of the molecule is CCCN(Cc1ccsc1)C(=O)NC1CCCN(Cc2cccnc2)C1. The van der Waals surface area contributed by atoms with Crippen molar-refractivity contribution in [3.63, 3.8) is 0 Å². The molecule has 0 saturated carbocycles. The minimum absolute atomic E-state index is 0.0614. The fourth-order valence-corrected chi connectivity index (χ4v) is 4.12. The first-order valence-corrected chi connectivity index (χ1v) is 10.4. The van der Waals surface area contributed by atoms with Crippen LogP contribution < -0.4 is 5.32 Å². The third-order valence-electron chi connectivity index (χ3n) is 4.70. The Labute approximate surface area is 160 Å². The van der Waals surface area contributed by atoms with Crippen molar-refractivity contribution in [2.75, 3.05) is 19.6 Å². The van der Waals surface area contributed by atoms with Gasteiger partial charge in [-0.15, -0.1) is 0 Å². The summed E-state index contributed by atoms with van der Waals surface area (Å²) in [6, 6.07) is 6.46. The maximum Gasteiger partial charge on any atom is 0.317 e. The van der Waals surface area contributed by atoms with E-state index in [0.29, 0.717) is 6.54 Å². The Hall–Kier alpha value is -1.92. The molecule has 2 amide bonds. The Balaban J connectivity index is 1.53. The largest absolute Gasteiger partial charge is 0.334 e. The van der Waals surface area contributed by atoms with Gasteiger partial charge in [-0.05, 0) is 59.8 Å². The number of rotatable bonds is 7. The third kappa shape index (κ3) is 5.54. The molecule has 1 aliphatic rings. The predicted octanol–water partition coefficient (Wildman–Crippen LogP) is 3.73. The van der Waals surface area contributed by atoms with Crippen molar-refractivity contribution in [2.24, 2.45) is 0 Å². The lowest BCUT2D eigenvalue weighted by Gasteiger charge is -2.34. The van der Waals surface area contributed by atoms with Gasteiger partial charge in [0.15, 0.2) is 0 Å². The molecule has 1 saturated heterocycles. The zero-order valence-electron chi connectivity index (χ0n) is 15.4. The number of piperidine rings is 1. The Bertz CT molecular complexity index is 662. The van der Waals surface area contributed by atoms with E-state index < -0.39 is 0 Å². The summed E-state index contributed by atoms with van der Waals surface area (Å²) in [5.41, 5.74) is 2.44. The van der Waals surface area contributed by atoms with Gasteiger partial charge in [-0.1, -0.05) is 13.0 Å². The highest BCUT2D eigenvalue weighted by Crippen LogP contribution is 2.15. The van der Waals surface area contributed by atoms with Crippen molar-refractivity contribution >= 4 is 17.4 Å². The summed E-state index contributed by atoms with van der Waals surface area (Å²) >= 11 is 1.68. The van der Waals surface area contributed by atoms with Crippen molar-refractivity contribution in [3.8, 4) is 0 Å². The lowest BCUT2D eigenvalue weighted by atomic mass is 10.1. The number of aromatic nitrogens is 1. The first kappa shape index (κ1) is 18.9. The number of urea groups is 1. The molecule has 2 aromatic rings. The Morgan fingerprint density at radius 2 is 2.35 bits per heavy atom. The zero-order valence-corrected chi connectivity index (χ0v) is 16.3. The molecule has 3 rings (SSSR count). The van der Waals surface area contributed by atoms with Crippen LogP contribution in [0.4, 0.5) is 4.79 Å². The molecule has 26 heavy (non-hydrogen) atoms. The number of carbonyl (C=O) groups excluding carboxylic acids is 1. The van der Waals surface area contributed by atoms with Crippen molar-refractivity contribution < 1.29 is 4.79 Å². The summed E-state index contributed by atoms with van der Waals surface area (Å²) in [6.07, 6.45) is 6.86. The van der Waals surface area contributed by atoms with Gasteiger partial charge in [-0.25, -0.2) is 4.79 Å². The Morgan fingerprint density at radius 1 is 1.42 bits per heavy atom. The lowest BCUT2D eigenvalue weighted by molar-refractivity contribution is 0.162. The molecular weight excluding hydrogens is 344 g/mol. The summed E-state index contributed by atoms with van der Waals surface area (Å²) in [4.78, 5) is 21.3. The number of hydrogen-bond acceptors (Lipinski definition) is 4. The second-order valence-corrected chi connectivity index (χ2v) is 7.72. The molecule has 1 fully saturated rings. The van der Waals surface area contributed by atoms with E-state index in [-0.39, 0.29) is 12.1 Å². The number of hydrogen-bond donors (Lipinski definition) is 1. The minimum atomic E-state index is 0.0614. The molecule has 3 heterocycles. The molecule has 0 aromatic carbocycles. The topological polar surface area (TPSA) is 48.5 Å². The van der Waals surface area contributed by atoms with Crippen LogP contribution in [0.2, 0.25) is 0 Å². The summed E-state index contributed by atoms with van der Waals surface area (Å²) in [6.45, 7) is 6.47. The average Bonchev–Trinajstić information content (AvgIpc) is 3.16. The molecule has 0 bridgehead atoms. The number of nitrogens with zero attached hydrogens (tertiary/aromatic N) is 3. The Kier molecular flexibility index (Phi) is 7.03. The van der Waals surface area contributed by atoms with Gasteiger partial charge in [0.05, 0.1) is 0 Å². The molecule has 140 valence electrons. The van der Waals surface area contributed by atoms with Crippen molar-refractivity contribution in [3.05, 3.63) is 52.5 Å². The van der Waals surface area contributed by atoms with E-state index in [1.165, 1.54) is 11.1 Å². The summed E-state index contributed by atoms with van der Waals surface area (Å²) in [5.74, 6) is 0. The van der Waals surface area contributed by atoms with Crippen LogP contribution in [0.15, 0.2) is 41.4 Å². The second-order valence-electron chi connectivity index (χ2n) is 6.94. The lowest BCUT2D eigenvalue weighted by Crippen LogP contribution is -2.51. The van der Waals surface area contributed by atoms with E-state index in [0.717, 1.165) is 45.4 Å². The highest BCUT2D eigenvalue weighted by atomic mass is 32.1. The fraction of sp³-hybridized carbons (Fsp3) is 0.500. The third-order valence-corrected chi connectivity index (χ3v) is 5.43. The second kappa shape index (κ2) is 9.69. The van der Waals surface area contributed by atoms with Gasteiger partial charge < -0.3 is 10.2 Å². The number of pyridine rings is 1. The van der Waals surface area contributed by atoms with E-state index in [1.807, 2.05) is 17.2 Å². The zero-order chi connectivity index (χ0) is 18.2. The van der Waals surface area contributed by atoms with E-state index in [4.69, 9.17) is 0 Å². The molecular formula is C20H28N4OS. The number of carbonyl (C=O) groups is 1. The molecule has 1 atom stereocenters. The number of thiophene rings is 1. The molecule has 0 aliphatic carbocycles. The molecule has 5 nitrogen and oxygen atoms in total. The number of likely N-dealkylation sites (tertiary alicyclic amines) is 1. The van der Waals surface area contributed by atoms with E-state index in [2.05, 4.69) is 45.0 Å². The quantitative estimate of drug-likeness (QED) is 0.806. The normalized spacial score (nSPS) is 17.8. The summed E-state index contributed by atoms with van der Waals surface area (Å²) in [7, 11) is 0. The van der Waals surface area contributed by atoms with E-state index >= 15 is 0 Å². The van der Waals surface area contributed by atoms with Crippen LogP contribution >= 0.6 is 11.3 Å². The van der Waals surface area contributed by atoms with Crippen molar-refractivity contribution in [1.82, 2.24) is 20.1 Å². The number of nitrogens with one attached hydrogen (secondary N) is 1. The highest BCUT2D eigenvalue weighted by molar-refractivity contribution is 7.07.